The minimum atomic E-state index is 0.0177. The molecule has 0 amide bonds. The van der Waals surface area contributed by atoms with Gasteiger partial charge in [-0.1, -0.05) is 0 Å². The first-order valence-electron chi connectivity index (χ1n) is 6.70. The molecule has 0 aliphatic carbocycles. The summed E-state index contributed by atoms with van der Waals surface area (Å²) in [4.78, 5) is 0. The van der Waals surface area contributed by atoms with Crippen molar-refractivity contribution in [1.29, 1.82) is 0 Å². The maximum absolute atomic E-state index is 4.51. The van der Waals surface area contributed by atoms with Gasteiger partial charge in [0.1, 0.15) is 0 Å². The van der Waals surface area contributed by atoms with Crippen molar-refractivity contribution in [2.24, 2.45) is 0 Å². The minimum absolute atomic E-state index is 0.0177. The van der Waals surface area contributed by atoms with Gasteiger partial charge in [0.2, 0.25) is 0 Å². The predicted molar refractivity (Wildman–Crippen MR) is 84.4 cm³/mol. The van der Waals surface area contributed by atoms with Crippen molar-refractivity contribution < 1.29 is 0 Å². The first-order chi connectivity index (χ1) is 9.65. The zero-order valence-electron chi connectivity index (χ0n) is 11.8. The summed E-state index contributed by atoms with van der Waals surface area (Å²) in [5.74, 6) is 0. The molecule has 0 bridgehead atoms. The van der Waals surface area contributed by atoms with Crippen molar-refractivity contribution in [3.8, 4) is 0 Å². The molecule has 1 heterocycles. The van der Waals surface area contributed by atoms with Gasteiger partial charge in [0.05, 0.1) is 0 Å². The SMILES string of the molecule is Cc1ccc(C(C)Nc2cccc3n[se]nc23)cc1C. The molecule has 3 aromatic rings. The number of hydrogen-bond donors (Lipinski definition) is 1. The maximum atomic E-state index is 4.51. The van der Waals surface area contributed by atoms with Crippen molar-refractivity contribution in [2.75, 3.05) is 5.32 Å². The van der Waals surface area contributed by atoms with Gasteiger partial charge in [0.15, 0.2) is 0 Å². The Kier molecular flexibility index (Phi) is 3.60. The molecule has 1 aromatic heterocycles. The Bertz CT molecular complexity index is 748. The van der Waals surface area contributed by atoms with Crippen LogP contribution in [-0.2, 0) is 0 Å². The van der Waals surface area contributed by atoms with Crippen molar-refractivity contribution in [3.05, 3.63) is 53.1 Å². The fraction of sp³-hybridized carbons (Fsp3) is 0.250. The van der Waals surface area contributed by atoms with Gasteiger partial charge in [-0.05, 0) is 0 Å². The summed E-state index contributed by atoms with van der Waals surface area (Å²) >= 11 is 0.0177. The topological polar surface area (TPSA) is 37.8 Å². The third-order valence-corrected chi connectivity index (χ3v) is 4.83. The molecule has 0 aliphatic rings. The number of nitrogens with one attached hydrogen (secondary N) is 1. The Hall–Kier alpha value is -1.64. The van der Waals surface area contributed by atoms with Crippen LogP contribution in [0.25, 0.3) is 11.0 Å². The molecular formula is C16H17N3Se. The first-order valence-corrected chi connectivity index (χ1v) is 8.23. The Morgan fingerprint density at radius 1 is 1.05 bits per heavy atom. The van der Waals surface area contributed by atoms with Gasteiger partial charge in [-0.15, -0.1) is 0 Å². The molecule has 0 saturated carbocycles. The average Bonchev–Trinajstić information content (AvgIpc) is 2.91. The van der Waals surface area contributed by atoms with Crippen molar-refractivity contribution in [3.63, 3.8) is 0 Å². The number of nitrogens with zero attached hydrogens (tertiary/aromatic N) is 2. The number of aryl methyl sites for hydroxylation is 2. The molecule has 0 spiro atoms. The molecule has 20 heavy (non-hydrogen) atoms. The standard InChI is InChI=1S/C16H17N3Se/c1-10-7-8-13(9-11(10)2)12(3)17-14-5-4-6-15-16(14)19-20-18-15/h4-9,12,17H,1-3H3. The van der Waals surface area contributed by atoms with E-state index in [1.54, 1.807) is 0 Å². The van der Waals surface area contributed by atoms with Crippen molar-refractivity contribution in [1.82, 2.24) is 7.96 Å². The summed E-state index contributed by atoms with van der Waals surface area (Å²) in [5, 5.41) is 3.56. The van der Waals surface area contributed by atoms with E-state index in [0.29, 0.717) is 0 Å². The first kappa shape index (κ1) is 13.3. The summed E-state index contributed by atoms with van der Waals surface area (Å²) in [6.45, 7) is 6.48. The number of aromatic nitrogens is 2. The molecular weight excluding hydrogens is 313 g/mol. The van der Waals surface area contributed by atoms with E-state index in [9.17, 15) is 0 Å². The zero-order chi connectivity index (χ0) is 14.1. The van der Waals surface area contributed by atoms with Gasteiger partial charge in [-0.3, -0.25) is 0 Å². The molecule has 102 valence electrons. The monoisotopic (exact) mass is 331 g/mol. The van der Waals surface area contributed by atoms with E-state index in [4.69, 9.17) is 0 Å². The zero-order valence-corrected chi connectivity index (χ0v) is 13.6. The molecule has 0 fully saturated rings. The van der Waals surface area contributed by atoms with Crippen LogP contribution in [0.4, 0.5) is 5.69 Å². The summed E-state index contributed by atoms with van der Waals surface area (Å²) in [7, 11) is 0. The normalized spacial score (nSPS) is 12.6. The van der Waals surface area contributed by atoms with Crippen LogP contribution < -0.4 is 5.32 Å². The summed E-state index contributed by atoms with van der Waals surface area (Å²) in [5.41, 5.74) is 7.07. The molecule has 0 aliphatic heterocycles. The Labute approximate surface area is 125 Å². The molecule has 0 saturated heterocycles. The van der Waals surface area contributed by atoms with Gasteiger partial charge in [-0.2, -0.15) is 0 Å². The molecule has 1 unspecified atom stereocenters. The van der Waals surface area contributed by atoms with Crippen LogP contribution in [-0.4, -0.2) is 22.9 Å². The van der Waals surface area contributed by atoms with E-state index in [0.717, 1.165) is 16.7 Å². The van der Waals surface area contributed by atoms with Crippen molar-refractivity contribution in [2.45, 2.75) is 26.8 Å². The van der Waals surface area contributed by atoms with Gasteiger partial charge in [0.25, 0.3) is 0 Å². The number of rotatable bonds is 3. The molecule has 3 nitrogen and oxygen atoms in total. The third kappa shape index (κ3) is 2.49. The Morgan fingerprint density at radius 2 is 1.90 bits per heavy atom. The second-order valence-electron chi connectivity index (χ2n) is 5.15. The Balaban J connectivity index is 1.90. The fourth-order valence-corrected chi connectivity index (χ4v) is 3.43. The van der Waals surface area contributed by atoms with Crippen LogP contribution in [0.5, 0.6) is 0 Å². The van der Waals surface area contributed by atoms with Gasteiger partial charge in [-0.25, -0.2) is 0 Å². The van der Waals surface area contributed by atoms with E-state index >= 15 is 0 Å². The summed E-state index contributed by atoms with van der Waals surface area (Å²) in [6.07, 6.45) is 0. The van der Waals surface area contributed by atoms with Crippen molar-refractivity contribution >= 4 is 31.7 Å². The number of fused-ring (bicyclic) bond motifs is 1. The molecule has 4 heteroatoms. The van der Waals surface area contributed by atoms with E-state index < -0.39 is 0 Å². The second-order valence-corrected chi connectivity index (χ2v) is 6.26. The van der Waals surface area contributed by atoms with E-state index in [2.05, 4.69) is 58.3 Å². The van der Waals surface area contributed by atoms with Crippen LogP contribution in [0.1, 0.15) is 29.7 Å². The van der Waals surface area contributed by atoms with Gasteiger partial charge < -0.3 is 0 Å². The number of benzene rings is 2. The molecule has 2 aromatic carbocycles. The predicted octanol–water partition coefficient (Wildman–Crippen LogP) is 3.48. The van der Waals surface area contributed by atoms with Crippen LogP contribution in [0.2, 0.25) is 0 Å². The fourth-order valence-electron chi connectivity index (χ4n) is 2.27. The van der Waals surface area contributed by atoms with Crippen LogP contribution >= 0.6 is 0 Å². The van der Waals surface area contributed by atoms with E-state index in [-0.39, 0.29) is 21.0 Å². The van der Waals surface area contributed by atoms with Crippen LogP contribution in [0.3, 0.4) is 0 Å². The van der Waals surface area contributed by atoms with E-state index in [1.807, 2.05) is 12.1 Å². The molecule has 1 N–H and O–H groups in total. The Morgan fingerprint density at radius 3 is 2.70 bits per heavy atom. The van der Waals surface area contributed by atoms with E-state index in [1.165, 1.54) is 16.7 Å². The summed E-state index contributed by atoms with van der Waals surface area (Å²) < 4.78 is 8.93. The number of anilines is 1. The van der Waals surface area contributed by atoms with Crippen LogP contribution in [0, 0.1) is 13.8 Å². The molecule has 0 radical (unpaired) electrons. The second kappa shape index (κ2) is 5.39. The third-order valence-electron chi connectivity index (χ3n) is 3.69. The van der Waals surface area contributed by atoms with Gasteiger partial charge in [0, 0.05) is 0 Å². The quantitative estimate of drug-likeness (QED) is 0.747. The van der Waals surface area contributed by atoms with Crippen LogP contribution in [0.15, 0.2) is 36.4 Å². The average molecular weight is 330 g/mol. The van der Waals surface area contributed by atoms with Gasteiger partial charge >= 0.3 is 125 Å². The molecule has 3 rings (SSSR count). The number of hydrogen-bond acceptors (Lipinski definition) is 3. The molecule has 1 atom stereocenters. The summed E-state index contributed by atoms with van der Waals surface area (Å²) in [6, 6.07) is 13.0.